The summed E-state index contributed by atoms with van der Waals surface area (Å²) < 4.78 is 28.5. The number of likely N-dealkylation sites (N-methyl/N-ethyl adjacent to an activating group) is 2. The number of nitrogens with one attached hydrogen (secondary N) is 3. The van der Waals surface area contributed by atoms with Crippen molar-refractivity contribution in [2.45, 2.75) is 70.3 Å². The van der Waals surface area contributed by atoms with E-state index in [9.17, 15) is 28.8 Å². The molecular formula is C58H69N5O11. The van der Waals surface area contributed by atoms with Crippen LogP contribution in [-0.4, -0.2) is 124 Å². The molecule has 0 aliphatic rings. The Morgan fingerprint density at radius 2 is 1.35 bits per heavy atom. The number of carbonyl (C=O) groups excluding carboxylic acids is 6. The van der Waals surface area contributed by atoms with E-state index in [4.69, 9.17) is 23.7 Å². The molecule has 0 radical (unpaired) electrons. The first-order valence-corrected chi connectivity index (χ1v) is 24.6. The molecule has 5 rings (SSSR count). The molecule has 5 aromatic carbocycles. The Hall–Kier alpha value is -7.98. The summed E-state index contributed by atoms with van der Waals surface area (Å²) in [6.07, 6.45) is 2.65. The van der Waals surface area contributed by atoms with E-state index < -0.39 is 66.3 Å². The molecule has 0 aliphatic heterocycles. The fourth-order valence-corrected chi connectivity index (χ4v) is 8.09. The first-order chi connectivity index (χ1) is 35.7. The summed E-state index contributed by atoms with van der Waals surface area (Å²) in [5.74, 6) is -2.30. The highest BCUT2D eigenvalue weighted by Gasteiger charge is 2.37. The Kier molecular flexibility index (Phi) is 22.7. The van der Waals surface area contributed by atoms with Gasteiger partial charge in [-0.05, 0) is 70.8 Å². The second-order valence-electron chi connectivity index (χ2n) is 18.0. The van der Waals surface area contributed by atoms with Crippen molar-refractivity contribution in [1.82, 2.24) is 25.8 Å². The Morgan fingerprint density at radius 1 is 0.689 bits per heavy atom. The summed E-state index contributed by atoms with van der Waals surface area (Å²) in [7, 11) is 4.56. The standard InChI is InChI=1S/C58H69N5O11/c1-8-31-72-52(64)36-48(54(65)59-30-29-42-23-18-25-46(35-42)70-7)61-56(67)53-47-26-17-16-24-44(47)27-28-51(53)74-38-45(34-41-19-12-10-13-20-41)60-55(66)50(39-71-37-43-21-14-11-15-22-43)62(5)57(68)49(33-40(3)4)63(6)58(69)73-32-9-2/h8-28,35,40,45,48-50H,1-2,29-34,36-39H2,3-7H3,(H,59,65)(H,60,66)(H,61,67)/t45-,48+,49+,50-/m1/s1. The monoisotopic (exact) mass is 1010 g/mol. The van der Waals surface area contributed by atoms with Crippen molar-refractivity contribution in [2.75, 3.05) is 54.2 Å². The van der Waals surface area contributed by atoms with Gasteiger partial charge in [0, 0.05) is 20.6 Å². The van der Waals surface area contributed by atoms with Gasteiger partial charge in [0.15, 0.2) is 0 Å². The predicted molar refractivity (Wildman–Crippen MR) is 283 cm³/mol. The van der Waals surface area contributed by atoms with Gasteiger partial charge in [0.05, 0.1) is 38.3 Å². The molecule has 0 aliphatic carbocycles. The lowest BCUT2D eigenvalue weighted by Crippen LogP contribution is -2.58. The summed E-state index contributed by atoms with van der Waals surface area (Å²) in [6.45, 7) is 10.9. The third-order valence-electron chi connectivity index (χ3n) is 12.0. The highest BCUT2D eigenvalue weighted by atomic mass is 16.6. The summed E-state index contributed by atoms with van der Waals surface area (Å²) in [4.78, 5) is 86.4. The van der Waals surface area contributed by atoms with Crippen LogP contribution in [0.25, 0.3) is 10.8 Å². The molecule has 0 fully saturated rings. The van der Waals surface area contributed by atoms with Crippen LogP contribution in [0.3, 0.4) is 0 Å². The van der Waals surface area contributed by atoms with Crippen molar-refractivity contribution in [1.29, 1.82) is 0 Å². The average molecular weight is 1010 g/mol. The number of hydrogen-bond acceptors (Lipinski definition) is 11. The van der Waals surface area contributed by atoms with E-state index in [0.717, 1.165) is 16.7 Å². The smallest absolute Gasteiger partial charge is 0.410 e. The van der Waals surface area contributed by atoms with Crippen molar-refractivity contribution in [2.24, 2.45) is 5.92 Å². The topological polar surface area (TPSA) is 191 Å². The maximum absolute atomic E-state index is 14.8. The SMILES string of the molecule is C=CCOC(=O)C[C@H](NC(=O)c1c(OC[C@@H](Cc2ccccc2)NC(=O)[C@@H](COCc2ccccc2)N(C)C(=O)[C@H](CC(C)C)N(C)C(=O)OCC=C)ccc2ccccc12)C(=O)NCCc1cccc(OC)c1. The zero-order chi connectivity index (χ0) is 53.4. The minimum atomic E-state index is -1.35. The van der Waals surface area contributed by atoms with Crippen LogP contribution < -0.4 is 25.4 Å². The average Bonchev–Trinajstić information content (AvgIpc) is 3.41. The summed E-state index contributed by atoms with van der Waals surface area (Å²) in [6, 6.07) is 32.6. The number of hydrogen-bond donors (Lipinski definition) is 3. The van der Waals surface area contributed by atoms with Gasteiger partial charge in [-0.3, -0.25) is 28.9 Å². The first-order valence-electron chi connectivity index (χ1n) is 24.6. The van der Waals surface area contributed by atoms with Gasteiger partial charge in [-0.2, -0.15) is 0 Å². The van der Waals surface area contributed by atoms with E-state index in [1.54, 1.807) is 31.4 Å². The minimum absolute atomic E-state index is 0.0135. The minimum Gasteiger partial charge on any atom is -0.497 e. The van der Waals surface area contributed by atoms with Gasteiger partial charge in [-0.1, -0.05) is 142 Å². The lowest BCUT2D eigenvalue weighted by molar-refractivity contribution is -0.145. The van der Waals surface area contributed by atoms with Crippen molar-refractivity contribution in [3.8, 4) is 11.5 Å². The number of nitrogens with zero attached hydrogens (tertiary/aromatic N) is 2. The molecule has 74 heavy (non-hydrogen) atoms. The van der Waals surface area contributed by atoms with E-state index >= 15 is 0 Å². The van der Waals surface area contributed by atoms with Crippen LogP contribution in [0.5, 0.6) is 11.5 Å². The number of fused-ring (bicyclic) bond motifs is 1. The zero-order valence-corrected chi connectivity index (χ0v) is 43.0. The van der Waals surface area contributed by atoms with Crippen LogP contribution >= 0.6 is 0 Å². The number of esters is 1. The van der Waals surface area contributed by atoms with Crippen LogP contribution in [0.15, 0.2) is 147 Å². The van der Waals surface area contributed by atoms with Gasteiger partial charge in [0.2, 0.25) is 17.7 Å². The Labute approximate surface area is 434 Å². The molecular weight excluding hydrogens is 943 g/mol. The first kappa shape index (κ1) is 56.9. The van der Waals surface area contributed by atoms with Crippen molar-refractivity contribution in [3.63, 3.8) is 0 Å². The second-order valence-corrected chi connectivity index (χ2v) is 18.0. The maximum atomic E-state index is 14.8. The molecule has 3 N–H and O–H groups in total. The van der Waals surface area contributed by atoms with Crippen molar-refractivity contribution < 1.29 is 52.5 Å². The number of rotatable bonds is 29. The third kappa shape index (κ3) is 17.4. The summed E-state index contributed by atoms with van der Waals surface area (Å²) >= 11 is 0. The number of methoxy groups -OCH3 is 1. The van der Waals surface area contributed by atoms with Gasteiger partial charge in [0.25, 0.3) is 5.91 Å². The highest BCUT2D eigenvalue weighted by molar-refractivity contribution is 6.10. The van der Waals surface area contributed by atoms with Gasteiger partial charge < -0.3 is 44.5 Å². The van der Waals surface area contributed by atoms with E-state index in [1.165, 1.54) is 36.0 Å². The Morgan fingerprint density at radius 3 is 2.04 bits per heavy atom. The Balaban J connectivity index is 1.44. The number of benzene rings is 5. The Bertz CT molecular complexity index is 2660. The largest absolute Gasteiger partial charge is 0.497 e. The fourth-order valence-electron chi connectivity index (χ4n) is 8.09. The lowest BCUT2D eigenvalue weighted by atomic mass is 10.0. The van der Waals surface area contributed by atoms with Crippen LogP contribution in [-0.2, 0) is 52.8 Å². The van der Waals surface area contributed by atoms with Crippen LogP contribution in [0.1, 0.15) is 53.7 Å². The van der Waals surface area contributed by atoms with Crippen molar-refractivity contribution in [3.05, 3.63) is 169 Å². The van der Waals surface area contributed by atoms with Crippen LogP contribution in [0.4, 0.5) is 4.79 Å². The van der Waals surface area contributed by atoms with E-state index in [0.29, 0.717) is 22.9 Å². The lowest BCUT2D eigenvalue weighted by Gasteiger charge is -2.35. The van der Waals surface area contributed by atoms with E-state index in [2.05, 4.69) is 29.1 Å². The molecule has 0 spiro atoms. The van der Waals surface area contributed by atoms with Crippen molar-refractivity contribution >= 4 is 46.5 Å². The number of carbonyl (C=O) groups is 6. The van der Waals surface area contributed by atoms with Crippen LogP contribution in [0.2, 0.25) is 0 Å². The number of ether oxygens (including phenoxy) is 5. The molecule has 16 nitrogen and oxygen atoms in total. The molecule has 5 amide bonds. The fraction of sp³-hybridized carbons (Fsp3) is 0.345. The molecule has 0 saturated carbocycles. The molecule has 0 aromatic heterocycles. The van der Waals surface area contributed by atoms with E-state index in [-0.39, 0.29) is 69.7 Å². The molecule has 16 heteroatoms. The second kappa shape index (κ2) is 29.5. The van der Waals surface area contributed by atoms with Gasteiger partial charge in [0.1, 0.15) is 49.4 Å². The summed E-state index contributed by atoms with van der Waals surface area (Å²) in [5.41, 5.74) is 2.72. The molecule has 0 bridgehead atoms. The maximum Gasteiger partial charge on any atom is 0.410 e. The van der Waals surface area contributed by atoms with Gasteiger partial charge in [-0.15, -0.1) is 0 Å². The van der Waals surface area contributed by atoms with Crippen LogP contribution in [0, 0.1) is 5.92 Å². The molecule has 0 saturated heterocycles. The quantitative estimate of drug-likeness (QED) is 0.0323. The third-order valence-corrected chi connectivity index (χ3v) is 12.0. The van der Waals surface area contributed by atoms with Gasteiger partial charge >= 0.3 is 12.1 Å². The molecule has 0 unspecified atom stereocenters. The molecule has 392 valence electrons. The molecule has 4 atom stereocenters. The normalized spacial score (nSPS) is 12.5. The summed E-state index contributed by atoms with van der Waals surface area (Å²) in [5, 5.41) is 9.94. The molecule has 5 aromatic rings. The van der Waals surface area contributed by atoms with Gasteiger partial charge in [-0.25, -0.2) is 4.79 Å². The highest BCUT2D eigenvalue weighted by Crippen LogP contribution is 2.29. The van der Waals surface area contributed by atoms with E-state index in [1.807, 2.05) is 111 Å². The zero-order valence-electron chi connectivity index (χ0n) is 43.0. The number of amides is 5. The predicted octanol–water partition coefficient (Wildman–Crippen LogP) is 7.24. The molecule has 0 heterocycles.